The van der Waals surface area contributed by atoms with Crippen molar-refractivity contribution in [2.24, 2.45) is 5.16 Å². The zero-order chi connectivity index (χ0) is 23.3. The van der Waals surface area contributed by atoms with Crippen LogP contribution in [-0.2, 0) is 25.7 Å². The van der Waals surface area contributed by atoms with Crippen LogP contribution in [0.4, 0.5) is 4.79 Å². The van der Waals surface area contributed by atoms with Crippen molar-refractivity contribution < 1.29 is 23.9 Å². The first-order valence-electron chi connectivity index (χ1n) is 11.0. The van der Waals surface area contributed by atoms with Crippen LogP contribution < -0.4 is 0 Å². The number of carbonyl (C=O) groups is 2. The van der Waals surface area contributed by atoms with E-state index in [1.807, 2.05) is 58.2 Å². The van der Waals surface area contributed by atoms with Gasteiger partial charge in [-0.05, 0) is 52.3 Å². The monoisotopic (exact) mass is 443 g/mol. The number of hydrogen-bond acceptors (Lipinski definition) is 7. The average molecular weight is 444 g/mol. The molecule has 1 fully saturated rings. The first-order chi connectivity index (χ1) is 15.2. The smallest absolute Gasteiger partial charge is 0.410 e. The molecule has 2 unspecified atom stereocenters. The van der Waals surface area contributed by atoms with E-state index >= 15 is 0 Å². The Morgan fingerprint density at radius 1 is 1.19 bits per heavy atom. The molecule has 1 saturated heterocycles. The van der Waals surface area contributed by atoms with Gasteiger partial charge in [-0.1, -0.05) is 35.5 Å². The van der Waals surface area contributed by atoms with Gasteiger partial charge in [0.25, 0.3) is 0 Å². The fraction of sp³-hybridized carbons (Fsp3) is 0.542. The molecule has 0 spiro atoms. The van der Waals surface area contributed by atoms with E-state index in [0.717, 1.165) is 11.1 Å². The second-order valence-electron chi connectivity index (χ2n) is 9.08. The van der Waals surface area contributed by atoms with E-state index in [2.05, 4.69) is 10.1 Å². The van der Waals surface area contributed by atoms with E-state index in [4.69, 9.17) is 14.3 Å². The summed E-state index contributed by atoms with van der Waals surface area (Å²) in [6.45, 7) is 8.78. The largest absolute Gasteiger partial charge is 0.463 e. The third-order valence-electron chi connectivity index (χ3n) is 5.53. The van der Waals surface area contributed by atoms with Crippen LogP contribution in [0.3, 0.4) is 0 Å². The Kier molecular flexibility index (Phi) is 7.56. The van der Waals surface area contributed by atoms with Crippen molar-refractivity contribution in [1.82, 2.24) is 9.80 Å². The molecular weight excluding hydrogens is 410 g/mol. The molecule has 2 aliphatic rings. The maximum absolute atomic E-state index is 12.9. The number of fused-ring (bicyclic) bond motifs is 2. The Bertz CT molecular complexity index is 875. The summed E-state index contributed by atoms with van der Waals surface area (Å²) in [7, 11) is 1.97. The highest BCUT2D eigenvalue weighted by Gasteiger charge is 2.44. The molecule has 0 aromatic heterocycles. The van der Waals surface area contributed by atoms with Gasteiger partial charge in [0.05, 0.1) is 24.4 Å². The maximum Gasteiger partial charge on any atom is 0.410 e. The number of ether oxygens (including phenoxy) is 2. The number of oxime groups is 1. The SMILES string of the molecule is CCOC(=O)C1=C(/C=N\OCc2ccccc2)CC2CN(C(=O)OC(C)(C)C)CC1N2C. The van der Waals surface area contributed by atoms with Crippen LogP contribution in [0.1, 0.15) is 39.7 Å². The van der Waals surface area contributed by atoms with Crippen LogP contribution >= 0.6 is 0 Å². The van der Waals surface area contributed by atoms with E-state index in [1.54, 1.807) is 18.0 Å². The topological polar surface area (TPSA) is 80.7 Å². The van der Waals surface area contributed by atoms with Crippen molar-refractivity contribution >= 4 is 18.3 Å². The molecule has 0 radical (unpaired) electrons. The van der Waals surface area contributed by atoms with Gasteiger partial charge in [0.1, 0.15) is 12.2 Å². The van der Waals surface area contributed by atoms with Crippen LogP contribution in [0.2, 0.25) is 0 Å². The highest BCUT2D eigenvalue weighted by molar-refractivity contribution is 5.98. The van der Waals surface area contributed by atoms with Crippen LogP contribution in [-0.4, -0.2) is 72.5 Å². The Hall–Kier alpha value is -2.87. The van der Waals surface area contributed by atoms with Crippen molar-refractivity contribution in [3.8, 4) is 0 Å². The predicted octanol–water partition coefficient (Wildman–Crippen LogP) is 3.37. The first kappa shape index (κ1) is 23.8. The molecule has 8 heteroatoms. The Morgan fingerprint density at radius 2 is 1.91 bits per heavy atom. The number of piperazine rings is 1. The predicted molar refractivity (Wildman–Crippen MR) is 121 cm³/mol. The molecule has 2 heterocycles. The first-order valence-corrected chi connectivity index (χ1v) is 11.0. The van der Waals surface area contributed by atoms with Gasteiger partial charge in [-0.2, -0.15) is 0 Å². The third kappa shape index (κ3) is 5.88. The molecule has 0 aliphatic carbocycles. The van der Waals surface area contributed by atoms with Gasteiger partial charge in [-0.25, -0.2) is 9.59 Å². The number of hydrogen-bond donors (Lipinski definition) is 0. The molecule has 174 valence electrons. The van der Waals surface area contributed by atoms with Crippen LogP contribution in [0.5, 0.6) is 0 Å². The van der Waals surface area contributed by atoms with E-state index in [0.29, 0.717) is 31.7 Å². The summed E-state index contributed by atoms with van der Waals surface area (Å²) in [5.74, 6) is -0.390. The third-order valence-corrected chi connectivity index (χ3v) is 5.53. The average Bonchev–Trinajstić information content (AvgIpc) is 2.71. The lowest BCUT2D eigenvalue weighted by Gasteiger charge is -2.48. The summed E-state index contributed by atoms with van der Waals surface area (Å²) in [6.07, 6.45) is 1.80. The molecule has 2 atom stereocenters. The number of benzene rings is 1. The van der Waals surface area contributed by atoms with Gasteiger partial charge in [0.15, 0.2) is 0 Å². The van der Waals surface area contributed by atoms with Crippen molar-refractivity contribution in [2.45, 2.75) is 58.4 Å². The molecule has 2 bridgehead atoms. The summed E-state index contributed by atoms with van der Waals surface area (Å²) in [4.78, 5) is 34.8. The van der Waals surface area contributed by atoms with Crippen LogP contribution in [0.15, 0.2) is 46.6 Å². The normalized spacial score (nSPS) is 21.6. The van der Waals surface area contributed by atoms with Crippen molar-refractivity contribution in [1.29, 1.82) is 0 Å². The summed E-state index contributed by atoms with van der Waals surface area (Å²) >= 11 is 0. The highest BCUT2D eigenvalue weighted by Crippen LogP contribution is 2.33. The Balaban J connectivity index is 1.80. The van der Waals surface area contributed by atoms with Gasteiger partial charge in [-0.3, -0.25) is 4.90 Å². The fourth-order valence-electron chi connectivity index (χ4n) is 3.99. The number of likely N-dealkylation sites (N-methyl/N-ethyl adjacent to an activating group) is 1. The highest BCUT2D eigenvalue weighted by atomic mass is 16.6. The lowest BCUT2D eigenvalue weighted by Crippen LogP contribution is -2.62. The van der Waals surface area contributed by atoms with Crippen molar-refractivity contribution in [3.63, 3.8) is 0 Å². The molecule has 1 amide bonds. The second kappa shape index (κ2) is 10.2. The lowest BCUT2D eigenvalue weighted by molar-refractivity contribution is -0.140. The minimum absolute atomic E-state index is 0.0371. The number of carbonyl (C=O) groups excluding carboxylic acids is 2. The lowest BCUT2D eigenvalue weighted by atomic mass is 9.86. The number of rotatable bonds is 6. The van der Waals surface area contributed by atoms with E-state index in [-0.39, 0.29) is 24.8 Å². The molecular formula is C24H33N3O5. The zero-order valence-electron chi connectivity index (χ0n) is 19.5. The summed E-state index contributed by atoms with van der Waals surface area (Å²) in [5, 5.41) is 4.12. The minimum Gasteiger partial charge on any atom is -0.463 e. The zero-order valence-corrected chi connectivity index (χ0v) is 19.5. The van der Waals surface area contributed by atoms with Crippen LogP contribution in [0.25, 0.3) is 0 Å². The molecule has 0 saturated carbocycles. The Labute approximate surface area is 189 Å². The minimum atomic E-state index is -0.580. The summed E-state index contributed by atoms with van der Waals surface area (Å²) in [5.41, 5.74) is 1.74. The maximum atomic E-state index is 12.9. The van der Waals surface area contributed by atoms with Gasteiger partial charge < -0.3 is 19.2 Å². The van der Waals surface area contributed by atoms with E-state index in [9.17, 15) is 9.59 Å². The quantitative estimate of drug-likeness (QED) is 0.381. The summed E-state index contributed by atoms with van der Waals surface area (Å²) < 4.78 is 10.9. The standard InChI is InChI=1S/C24H33N3O5/c1-6-30-22(28)21-18(13-25-31-16-17-10-8-7-9-11-17)12-19-14-27(15-20(21)26(19)5)23(29)32-24(2,3)4/h7-11,13,19-20H,6,12,14-16H2,1-5H3/b25-13-. The van der Waals surface area contributed by atoms with E-state index < -0.39 is 11.6 Å². The van der Waals surface area contributed by atoms with Gasteiger partial charge in [-0.15, -0.1) is 0 Å². The molecule has 32 heavy (non-hydrogen) atoms. The summed E-state index contributed by atoms with van der Waals surface area (Å²) in [6, 6.07) is 9.49. The van der Waals surface area contributed by atoms with Gasteiger partial charge in [0.2, 0.25) is 0 Å². The fourth-order valence-corrected chi connectivity index (χ4v) is 3.99. The van der Waals surface area contributed by atoms with Crippen LogP contribution in [0, 0.1) is 0 Å². The van der Waals surface area contributed by atoms with Gasteiger partial charge in [0, 0.05) is 19.1 Å². The second-order valence-corrected chi connectivity index (χ2v) is 9.08. The number of nitrogens with zero attached hydrogens (tertiary/aromatic N) is 3. The number of esters is 1. The van der Waals surface area contributed by atoms with Gasteiger partial charge >= 0.3 is 12.1 Å². The van der Waals surface area contributed by atoms with Crippen molar-refractivity contribution in [3.05, 3.63) is 47.0 Å². The number of amides is 1. The molecule has 0 N–H and O–H groups in total. The van der Waals surface area contributed by atoms with E-state index in [1.165, 1.54) is 0 Å². The Morgan fingerprint density at radius 3 is 2.56 bits per heavy atom. The molecule has 8 nitrogen and oxygen atoms in total. The molecule has 1 aromatic carbocycles. The molecule has 3 rings (SSSR count). The molecule has 2 aliphatic heterocycles. The molecule has 1 aromatic rings. The van der Waals surface area contributed by atoms with Crippen molar-refractivity contribution in [2.75, 3.05) is 26.7 Å².